The Labute approximate surface area is 180 Å². The van der Waals surface area contributed by atoms with Crippen LogP contribution in [-0.2, 0) is 27.9 Å². The highest BCUT2D eigenvalue weighted by Gasteiger charge is 2.39. The van der Waals surface area contributed by atoms with Gasteiger partial charge in [0.2, 0.25) is 5.50 Å². The molecule has 0 amide bonds. The molecule has 0 fully saturated rings. The summed E-state index contributed by atoms with van der Waals surface area (Å²) in [6, 6.07) is 7.80. The van der Waals surface area contributed by atoms with Gasteiger partial charge in [-0.15, -0.1) is 0 Å². The predicted molar refractivity (Wildman–Crippen MR) is 115 cm³/mol. The molecule has 0 aliphatic carbocycles. The standard InChI is InChI=1S/C21H28BrO6P/c1-6-25-20(23)13-19-11-17(16-7-9-18(22)10-8-16)12-21(26-19)29(24,27-14(2)3)28-15(4)5/h7-10,12-15,17H,6,11H2,1-5H3/b19-13+. The molecule has 29 heavy (non-hydrogen) atoms. The van der Waals surface area contributed by atoms with Crippen LogP contribution in [0.2, 0.25) is 0 Å². The lowest BCUT2D eigenvalue weighted by atomic mass is 9.93. The van der Waals surface area contributed by atoms with E-state index in [-0.39, 0.29) is 30.2 Å². The Morgan fingerprint density at radius 1 is 1.21 bits per heavy atom. The Kier molecular flexibility index (Phi) is 8.71. The molecular formula is C21H28BrO6P. The van der Waals surface area contributed by atoms with Gasteiger partial charge in [-0.05, 0) is 58.4 Å². The smallest absolute Gasteiger partial charge is 0.396 e. The Bertz CT molecular complexity index is 799. The van der Waals surface area contributed by atoms with E-state index in [1.54, 1.807) is 40.7 Å². The van der Waals surface area contributed by atoms with Crippen LogP contribution in [0.15, 0.2) is 52.1 Å². The van der Waals surface area contributed by atoms with Crippen LogP contribution in [0.4, 0.5) is 0 Å². The Morgan fingerprint density at radius 3 is 2.31 bits per heavy atom. The van der Waals surface area contributed by atoms with E-state index in [9.17, 15) is 9.36 Å². The maximum Gasteiger partial charge on any atom is 0.396 e. The molecule has 160 valence electrons. The van der Waals surface area contributed by atoms with E-state index < -0.39 is 13.6 Å². The second-order valence-corrected chi connectivity index (χ2v) is 9.91. The number of ether oxygens (including phenoxy) is 2. The van der Waals surface area contributed by atoms with Gasteiger partial charge in [0, 0.05) is 16.8 Å². The van der Waals surface area contributed by atoms with Gasteiger partial charge in [0.1, 0.15) is 5.76 Å². The number of carbonyl (C=O) groups excluding carboxylic acids is 1. The molecule has 0 radical (unpaired) electrons. The molecule has 8 heteroatoms. The predicted octanol–water partition coefficient (Wildman–Crippen LogP) is 6.28. The second-order valence-electron chi connectivity index (χ2n) is 7.14. The molecule has 1 aliphatic rings. The molecule has 6 nitrogen and oxygen atoms in total. The van der Waals surface area contributed by atoms with Crippen molar-refractivity contribution in [2.75, 3.05) is 6.61 Å². The summed E-state index contributed by atoms with van der Waals surface area (Å²) in [5, 5.41) is 0. The quantitative estimate of drug-likeness (QED) is 0.244. The van der Waals surface area contributed by atoms with Gasteiger partial charge in [-0.3, -0.25) is 4.57 Å². The van der Waals surface area contributed by atoms with E-state index in [4.69, 9.17) is 18.5 Å². The molecule has 0 saturated carbocycles. The molecule has 1 aromatic carbocycles. The minimum atomic E-state index is -3.73. The molecule has 0 bridgehead atoms. The summed E-state index contributed by atoms with van der Waals surface area (Å²) in [6.07, 6.45) is 2.80. The molecule has 1 atom stereocenters. The molecule has 0 aromatic heterocycles. The van der Waals surface area contributed by atoms with Gasteiger partial charge in [-0.1, -0.05) is 28.1 Å². The summed E-state index contributed by atoms with van der Waals surface area (Å²) in [4.78, 5) is 12.0. The first-order valence-corrected chi connectivity index (χ1v) is 12.0. The second kappa shape index (κ2) is 10.6. The van der Waals surface area contributed by atoms with Crippen molar-refractivity contribution < 1.29 is 27.9 Å². The van der Waals surface area contributed by atoms with Crippen LogP contribution in [0, 0.1) is 0 Å². The number of halogens is 1. The molecule has 0 N–H and O–H groups in total. The van der Waals surface area contributed by atoms with Crippen LogP contribution in [-0.4, -0.2) is 24.8 Å². The third kappa shape index (κ3) is 7.10. The highest BCUT2D eigenvalue weighted by atomic mass is 79.9. The zero-order valence-electron chi connectivity index (χ0n) is 17.4. The third-order valence-electron chi connectivity index (χ3n) is 3.83. The van der Waals surface area contributed by atoms with Crippen molar-refractivity contribution in [1.82, 2.24) is 0 Å². The lowest BCUT2D eigenvalue weighted by Crippen LogP contribution is -2.16. The summed E-state index contributed by atoms with van der Waals surface area (Å²) < 4.78 is 36.8. The molecule has 1 heterocycles. The summed E-state index contributed by atoms with van der Waals surface area (Å²) in [6.45, 7) is 9.10. The molecule has 2 rings (SSSR count). The fourth-order valence-corrected chi connectivity index (χ4v) is 5.04. The average molecular weight is 487 g/mol. The number of allylic oxidation sites excluding steroid dienone is 2. The molecule has 1 aliphatic heterocycles. The van der Waals surface area contributed by atoms with E-state index >= 15 is 0 Å². The van der Waals surface area contributed by atoms with E-state index in [1.165, 1.54) is 6.08 Å². The SMILES string of the molecule is CCOC(=O)/C=C1\CC(c2ccc(Br)cc2)C=C(P(=O)(OC(C)C)OC(C)C)O1. The van der Waals surface area contributed by atoms with E-state index in [0.29, 0.717) is 12.2 Å². The van der Waals surface area contributed by atoms with Crippen LogP contribution in [0.1, 0.15) is 52.5 Å². The van der Waals surface area contributed by atoms with E-state index in [0.717, 1.165) is 10.0 Å². The summed E-state index contributed by atoms with van der Waals surface area (Å²) >= 11 is 3.43. The van der Waals surface area contributed by atoms with E-state index in [2.05, 4.69) is 15.9 Å². The van der Waals surface area contributed by atoms with Gasteiger partial charge in [0.15, 0.2) is 0 Å². The molecule has 1 aromatic rings. The van der Waals surface area contributed by atoms with Crippen molar-refractivity contribution in [3.05, 3.63) is 57.7 Å². The number of esters is 1. The first-order chi connectivity index (χ1) is 13.6. The van der Waals surface area contributed by atoms with Gasteiger partial charge in [0.05, 0.1) is 24.9 Å². The molecule has 0 spiro atoms. The van der Waals surface area contributed by atoms with E-state index in [1.807, 2.05) is 24.3 Å². The summed E-state index contributed by atoms with van der Waals surface area (Å²) in [5.41, 5.74) is 1.08. The first-order valence-electron chi connectivity index (χ1n) is 9.62. The van der Waals surface area contributed by atoms with Crippen molar-refractivity contribution >= 4 is 29.5 Å². The minimum Gasteiger partial charge on any atom is -0.463 e. The fourth-order valence-electron chi connectivity index (χ4n) is 2.82. The lowest BCUT2D eigenvalue weighted by molar-refractivity contribution is -0.137. The minimum absolute atomic E-state index is 0.0922. The van der Waals surface area contributed by atoms with Crippen molar-refractivity contribution in [2.45, 2.75) is 59.2 Å². The van der Waals surface area contributed by atoms with Crippen molar-refractivity contribution in [3.63, 3.8) is 0 Å². The number of hydrogen-bond acceptors (Lipinski definition) is 6. The topological polar surface area (TPSA) is 71.1 Å². The number of hydrogen-bond donors (Lipinski definition) is 0. The number of benzene rings is 1. The highest BCUT2D eigenvalue weighted by Crippen LogP contribution is 2.61. The van der Waals surface area contributed by atoms with Crippen molar-refractivity contribution in [1.29, 1.82) is 0 Å². The monoisotopic (exact) mass is 486 g/mol. The van der Waals surface area contributed by atoms with Crippen LogP contribution < -0.4 is 0 Å². The molecule has 1 unspecified atom stereocenters. The van der Waals surface area contributed by atoms with Crippen LogP contribution in [0.25, 0.3) is 0 Å². The molecule has 0 saturated heterocycles. The third-order valence-corrected chi connectivity index (χ3v) is 6.54. The Hall–Kier alpha value is -1.40. The van der Waals surface area contributed by atoms with Crippen LogP contribution in [0.5, 0.6) is 0 Å². The normalized spacial score (nSPS) is 18.7. The largest absolute Gasteiger partial charge is 0.463 e. The Morgan fingerprint density at radius 2 is 1.79 bits per heavy atom. The Balaban J connectivity index is 2.48. The maximum absolute atomic E-state index is 13.6. The van der Waals surface area contributed by atoms with Crippen LogP contribution >= 0.6 is 23.5 Å². The van der Waals surface area contributed by atoms with Crippen molar-refractivity contribution in [3.8, 4) is 0 Å². The summed E-state index contributed by atoms with van der Waals surface area (Å²) in [5.74, 6) is -0.316. The number of rotatable bonds is 8. The van der Waals surface area contributed by atoms with Crippen LogP contribution in [0.3, 0.4) is 0 Å². The highest BCUT2D eigenvalue weighted by molar-refractivity contribution is 9.10. The zero-order chi connectivity index (χ0) is 21.6. The summed E-state index contributed by atoms with van der Waals surface area (Å²) in [7, 11) is -3.73. The maximum atomic E-state index is 13.6. The van der Waals surface area contributed by atoms with Gasteiger partial charge < -0.3 is 18.5 Å². The fraction of sp³-hybridized carbons (Fsp3) is 0.476. The van der Waals surface area contributed by atoms with Gasteiger partial charge >= 0.3 is 13.6 Å². The van der Waals surface area contributed by atoms with Crippen molar-refractivity contribution in [2.24, 2.45) is 0 Å². The number of carbonyl (C=O) groups is 1. The van der Waals surface area contributed by atoms with Gasteiger partial charge in [0.25, 0.3) is 0 Å². The van der Waals surface area contributed by atoms with Gasteiger partial charge in [-0.2, -0.15) is 0 Å². The lowest BCUT2D eigenvalue weighted by Gasteiger charge is -2.30. The van der Waals surface area contributed by atoms with Gasteiger partial charge in [-0.25, -0.2) is 4.79 Å². The molecular weight excluding hydrogens is 459 g/mol. The first kappa shape index (κ1) is 23.9. The average Bonchev–Trinajstić information content (AvgIpc) is 2.60. The zero-order valence-corrected chi connectivity index (χ0v) is 19.9.